The van der Waals surface area contributed by atoms with E-state index in [2.05, 4.69) is 59.8 Å². The van der Waals surface area contributed by atoms with E-state index < -0.39 is 23.3 Å². The smallest absolute Gasteiger partial charge is 0.337 e. The average molecular weight is 562 g/mol. The van der Waals surface area contributed by atoms with Gasteiger partial charge in [0.1, 0.15) is 5.60 Å². The van der Waals surface area contributed by atoms with Gasteiger partial charge in [0.25, 0.3) is 0 Å². The topological polar surface area (TPSA) is 86.1 Å². The molecule has 7 heteroatoms. The van der Waals surface area contributed by atoms with Crippen LogP contribution >= 0.6 is 0 Å². The highest BCUT2D eigenvalue weighted by atomic mass is 16.5. The third-order valence-electron chi connectivity index (χ3n) is 8.32. The number of anilines is 1. The fourth-order valence-electron chi connectivity index (χ4n) is 5.79. The van der Waals surface area contributed by atoms with E-state index in [1.165, 1.54) is 5.56 Å². The molecule has 0 amide bonds. The number of carboxylic acid groups (broad SMARTS) is 1. The molecule has 4 rings (SSSR count). The minimum atomic E-state index is -1.18. The summed E-state index contributed by atoms with van der Waals surface area (Å²) in [5.41, 5.74) is 3.12. The third kappa shape index (κ3) is 7.88. The number of nitrogens with zero attached hydrogens (tertiary/aromatic N) is 3. The van der Waals surface area contributed by atoms with Crippen LogP contribution in [0.2, 0.25) is 0 Å². The maximum absolute atomic E-state index is 12.6. The van der Waals surface area contributed by atoms with E-state index in [1.807, 2.05) is 40.7 Å². The highest BCUT2D eigenvalue weighted by Crippen LogP contribution is 2.41. The van der Waals surface area contributed by atoms with Gasteiger partial charge >= 0.3 is 5.97 Å². The number of aryl methyl sites for hydroxylation is 2. The lowest BCUT2D eigenvalue weighted by Gasteiger charge is -2.40. The zero-order chi connectivity index (χ0) is 30.0. The van der Waals surface area contributed by atoms with Crippen LogP contribution < -0.4 is 4.90 Å². The predicted molar refractivity (Wildman–Crippen MR) is 163 cm³/mol. The maximum Gasteiger partial charge on any atom is 0.337 e. The van der Waals surface area contributed by atoms with Crippen LogP contribution in [0.4, 0.5) is 5.69 Å². The highest BCUT2D eigenvalue weighted by molar-refractivity contribution is 5.81. The summed E-state index contributed by atoms with van der Waals surface area (Å²) in [6, 6.07) is 10.4. The molecule has 7 nitrogen and oxygen atoms in total. The first-order chi connectivity index (χ1) is 19.2. The Morgan fingerprint density at radius 3 is 2.20 bits per heavy atom. The van der Waals surface area contributed by atoms with Gasteiger partial charge in [-0.1, -0.05) is 56.0 Å². The molecule has 222 valence electrons. The quantitative estimate of drug-likeness (QED) is 0.441. The van der Waals surface area contributed by atoms with Crippen molar-refractivity contribution in [2.24, 2.45) is 5.41 Å². The van der Waals surface area contributed by atoms with Gasteiger partial charge in [0.15, 0.2) is 6.10 Å². The molecule has 2 saturated heterocycles. The van der Waals surface area contributed by atoms with Crippen LogP contribution in [0.5, 0.6) is 0 Å². The van der Waals surface area contributed by atoms with Crippen LogP contribution in [0.25, 0.3) is 0 Å². The van der Waals surface area contributed by atoms with Gasteiger partial charge < -0.3 is 19.8 Å². The fourth-order valence-corrected chi connectivity index (χ4v) is 5.79. The number of aliphatic hydroxyl groups is 1. The van der Waals surface area contributed by atoms with E-state index in [9.17, 15) is 15.0 Å². The number of hydrogen-bond acceptors (Lipinski definition) is 6. The molecule has 1 aromatic heterocycles. The summed E-state index contributed by atoms with van der Waals surface area (Å²) >= 11 is 0. The molecule has 2 aromatic rings. The molecule has 1 unspecified atom stereocenters. The number of aliphatic carboxylic acids is 1. The van der Waals surface area contributed by atoms with Crippen molar-refractivity contribution in [2.45, 2.75) is 98.0 Å². The Balaban J connectivity index is 1.71. The number of ether oxygens (including phenoxy) is 1. The molecule has 41 heavy (non-hydrogen) atoms. The second kappa shape index (κ2) is 12.1. The highest BCUT2D eigenvalue weighted by Gasteiger charge is 2.36. The second-order valence-corrected chi connectivity index (χ2v) is 13.6. The molecular weight excluding hydrogens is 514 g/mol. The van der Waals surface area contributed by atoms with Crippen molar-refractivity contribution in [1.29, 1.82) is 0 Å². The Morgan fingerprint density at radius 1 is 1.02 bits per heavy atom. The lowest BCUT2D eigenvalue weighted by molar-refractivity contribution is -0.160. The van der Waals surface area contributed by atoms with Crippen molar-refractivity contribution in [3.63, 3.8) is 0 Å². The number of benzene rings is 1. The van der Waals surface area contributed by atoms with Crippen molar-refractivity contribution < 1.29 is 19.7 Å². The Kier molecular flexibility index (Phi) is 9.18. The van der Waals surface area contributed by atoms with E-state index in [-0.39, 0.29) is 5.41 Å². The Morgan fingerprint density at radius 2 is 1.63 bits per heavy atom. The van der Waals surface area contributed by atoms with Crippen LogP contribution in [0.15, 0.2) is 30.3 Å². The minimum absolute atomic E-state index is 0.219. The Bertz CT molecular complexity index is 1290. The lowest BCUT2D eigenvalue weighted by Crippen LogP contribution is -2.43. The Labute approximate surface area is 245 Å². The molecular formula is C34H47N3O4. The molecule has 0 aliphatic carbocycles. The van der Waals surface area contributed by atoms with E-state index in [0.717, 1.165) is 56.9 Å². The number of likely N-dealkylation sites (tertiary alicyclic amines) is 1. The van der Waals surface area contributed by atoms with Gasteiger partial charge in [0.2, 0.25) is 0 Å². The molecule has 0 saturated carbocycles. The van der Waals surface area contributed by atoms with Gasteiger partial charge in [-0.15, -0.1) is 0 Å². The standard InChI is InChI=1S/C34H47N3O4/c1-24-27(13-14-34(40)17-19-36(20-18-34)23-26-11-9-8-10-12-26)29(37-21-15-33(6,7)16-22-37)28(25(2)35-24)30(31(38)39)41-32(3,4)5/h8-12,30,40H,15-23H2,1-7H3,(H,38,39). The van der Waals surface area contributed by atoms with Crippen LogP contribution in [-0.4, -0.2) is 63.4 Å². The molecule has 2 aliphatic rings. The van der Waals surface area contributed by atoms with Crippen molar-refractivity contribution in [2.75, 3.05) is 31.1 Å². The zero-order valence-electron chi connectivity index (χ0n) is 25.9. The normalized spacial score (nSPS) is 19.8. The molecule has 2 aliphatic heterocycles. The van der Waals surface area contributed by atoms with Gasteiger partial charge in [0, 0.05) is 56.8 Å². The summed E-state index contributed by atoms with van der Waals surface area (Å²) in [7, 11) is 0. The van der Waals surface area contributed by atoms with Crippen LogP contribution in [0, 0.1) is 31.1 Å². The number of aromatic nitrogens is 1. The largest absolute Gasteiger partial charge is 0.479 e. The molecule has 0 radical (unpaired) electrons. The van der Waals surface area contributed by atoms with Crippen molar-refractivity contribution in [3.05, 3.63) is 58.4 Å². The van der Waals surface area contributed by atoms with E-state index in [4.69, 9.17) is 9.72 Å². The predicted octanol–water partition coefficient (Wildman–Crippen LogP) is 5.64. The van der Waals surface area contributed by atoms with Gasteiger partial charge in [-0.05, 0) is 58.4 Å². The summed E-state index contributed by atoms with van der Waals surface area (Å²) < 4.78 is 6.14. The lowest BCUT2D eigenvalue weighted by atomic mass is 9.82. The number of hydrogen-bond donors (Lipinski definition) is 2. The molecule has 2 fully saturated rings. The summed E-state index contributed by atoms with van der Waals surface area (Å²) in [5, 5.41) is 21.8. The van der Waals surface area contributed by atoms with E-state index in [0.29, 0.717) is 29.7 Å². The summed E-state index contributed by atoms with van der Waals surface area (Å²) in [6.45, 7) is 17.9. The molecule has 2 N–H and O–H groups in total. The monoisotopic (exact) mass is 561 g/mol. The summed E-state index contributed by atoms with van der Waals surface area (Å²) in [4.78, 5) is 22.0. The van der Waals surface area contributed by atoms with Gasteiger partial charge in [-0.2, -0.15) is 0 Å². The number of carboxylic acids is 1. The first-order valence-corrected chi connectivity index (χ1v) is 14.8. The second-order valence-electron chi connectivity index (χ2n) is 13.6. The number of piperidine rings is 2. The summed E-state index contributed by atoms with van der Waals surface area (Å²) in [5.74, 6) is 5.50. The minimum Gasteiger partial charge on any atom is -0.479 e. The van der Waals surface area contributed by atoms with Gasteiger partial charge in [0.05, 0.1) is 22.5 Å². The third-order valence-corrected chi connectivity index (χ3v) is 8.32. The van der Waals surface area contributed by atoms with Crippen LogP contribution in [0.3, 0.4) is 0 Å². The van der Waals surface area contributed by atoms with Crippen molar-refractivity contribution in [3.8, 4) is 11.8 Å². The van der Waals surface area contributed by atoms with Crippen LogP contribution in [-0.2, 0) is 16.1 Å². The number of carbonyl (C=O) groups is 1. The number of rotatable bonds is 6. The van der Waals surface area contributed by atoms with Crippen molar-refractivity contribution in [1.82, 2.24) is 9.88 Å². The van der Waals surface area contributed by atoms with E-state index in [1.54, 1.807) is 0 Å². The maximum atomic E-state index is 12.6. The van der Waals surface area contributed by atoms with Crippen LogP contribution in [0.1, 0.15) is 94.5 Å². The molecule has 3 heterocycles. The Hall–Kier alpha value is -2.92. The molecule has 1 atom stereocenters. The van der Waals surface area contributed by atoms with Gasteiger partial charge in [-0.3, -0.25) is 9.88 Å². The fraction of sp³-hybridized carbons (Fsp3) is 0.588. The zero-order valence-corrected chi connectivity index (χ0v) is 25.9. The summed E-state index contributed by atoms with van der Waals surface area (Å²) in [6.07, 6.45) is 1.89. The average Bonchev–Trinajstić information content (AvgIpc) is 2.88. The first-order valence-electron chi connectivity index (χ1n) is 14.8. The first kappa shape index (κ1) is 31.0. The molecule has 1 aromatic carbocycles. The van der Waals surface area contributed by atoms with E-state index >= 15 is 0 Å². The SMILES string of the molecule is Cc1nc(C)c(C(OC(C)(C)C)C(=O)O)c(N2CCC(C)(C)CC2)c1C#CC1(O)CCN(Cc2ccccc2)CC1. The van der Waals surface area contributed by atoms with Gasteiger partial charge in [-0.25, -0.2) is 4.79 Å². The number of pyridine rings is 1. The molecule has 0 bridgehead atoms. The van der Waals surface area contributed by atoms with Crippen molar-refractivity contribution >= 4 is 11.7 Å². The molecule has 0 spiro atoms.